The monoisotopic (exact) mass is 313 g/mol. The normalized spacial score (nSPS) is 12.4. The van der Waals surface area contributed by atoms with Crippen molar-refractivity contribution in [1.82, 2.24) is 4.98 Å². The highest BCUT2D eigenvalue weighted by Gasteiger charge is 2.17. The molecule has 0 radical (unpaired) electrons. The van der Waals surface area contributed by atoms with Crippen molar-refractivity contribution in [3.63, 3.8) is 0 Å². The smallest absolute Gasteiger partial charge is 0.307 e. The number of carbonyl (C=O) groups is 1. The Hall–Kier alpha value is -1.52. The van der Waals surface area contributed by atoms with Crippen LogP contribution in [0.4, 0.5) is 0 Å². The molecule has 0 spiro atoms. The summed E-state index contributed by atoms with van der Waals surface area (Å²) in [6, 6.07) is 5.25. The van der Waals surface area contributed by atoms with Crippen molar-refractivity contribution in [2.75, 3.05) is 0 Å². The maximum atomic E-state index is 10.7. The van der Waals surface area contributed by atoms with Gasteiger partial charge >= 0.3 is 5.97 Å². The number of aromatic nitrogens is 1. The van der Waals surface area contributed by atoms with E-state index in [1.165, 1.54) is 0 Å². The van der Waals surface area contributed by atoms with Crippen molar-refractivity contribution >= 4 is 40.1 Å². The summed E-state index contributed by atoms with van der Waals surface area (Å²) in [5.41, 5.74) is 1.34. The van der Waals surface area contributed by atoms with Crippen LogP contribution in [0.1, 0.15) is 19.0 Å². The summed E-state index contributed by atoms with van der Waals surface area (Å²) in [7, 11) is 0. The number of nitrogens with zero attached hydrogens (tertiary/aromatic N) is 1. The molecule has 1 aromatic heterocycles. The van der Waals surface area contributed by atoms with Gasteiger partial charge in [-0.25, -0.2) is 4.98 Å². The zero-order chi connectivity index (χ0) is 14.9. The van der Waals surface area contributed by atoms with Gasteiger partial charge in [0.1, 0.15) is 11.6 Å². The second kappa shape index (κ2) is 5.85. The molecule has 6 heteroatoms. The topological polar surface area (TPSA) is 59.4 Å². The van der Waals surface area contributed by atoms with Gasteiger partial charge in [0.25, 0.3) is 0 Å². The number of fused-ring (bicyclic) bond motifs is 1. The lowest BCUT2D eigenvalue weighted by molar-refractivity contribution is -0.138. The van der Waals surface area contributed by atoms with Crippen molar-refractivity contribution < 1.29 is 14.6 Å². The van der Waals surface area contributed by atoms with E-state index in [0.29, 0.717) is 21.3 Å². The minimum Gasteiger partial charge on any atom is -0.486 e. The third-order valence-corrected chi connectivity index (χ3v) is 3.35. The Labute approximate surface area is 126 Å². The number of halogens is 2. The van der Waals surface area contributed by atoms with E-state index in [1.54, 1.807) is 13.0 Å². The lowest BCUT2D eigenvalue weighted by atomic mass is 10.2. The molecule has 1 unspecified atom stereocenters. The number of carboxylic acid groups (broad SMARTS) is 1. The summed E-state index contributed by atoms with van der Waals surface area (Å²) in [6.07, 6.45) is -0.636. The summed E-state index contributed by atoms with van der Waals surface area (Å²) >= 11 is 12.3. The predicted octanol–water partition coefficient (Wildman–Crippen LogP) is 4.09. The average molecular weight is 314 g/mol. The van der Waals surface area contributed by atoms with E-state index in [2.05, 4.69) is 4.98 Å². The number of aryl methyl sites for hydroxylation is 1. The summed E-state index contributed by atoms with van der Waals surface area (Å²) in [6.45, 7) is 3.51. The third-order valence-electron chi connectivity index (χ3n) is 2.76. The molecule has 0 aliphatic heterocycles. The highest BCUT2D eigenvalue weighted by Crippen LogP contribution is 2.37. The van der Waals surface area contributed by atoms with Gasteiger partial charge in [-0.1, -0.05) is 23.2 Å². The molecule has 106 valence electrons. The zero-order valence-electron chi connectivity index (χ0n) is 11.0. The van der Waals surface area contributed by atoms with Gasteiger partial charge in [-0.05, 0) is 32.0 Å². The molecule has 0 bridgehead atoms. The van der Waals surface area contributed by atoms with Crippen LogP contribution in [0.25, 0.3) is 10.9 Å². The maximum Gasteiger partial charge on any atom is 0.307 e. The van der Waals surface area contributed by atoms with Crippen molar-refractivity contribution in [3.8, 4) is 5.75 Å². The number of benzene rings is 1. The summed E-state index contributed by atoms with van der Waals surface area (Å²) in [5.74, 6) is -0.570. The minimum atomic E-state index is -0.934. The second-order valence-corrected chi connectivity index (χ2v) is 5.36. The highest BCUT2D eigenvalue weighted by atomic mass is 35.5. The number of hydrogen-bond donors (Lipinski definition) is 1. The molecular formula is C14H13Cl2NO3. The molecule has 0 amide bonds. The average Bonchev–Trinajstić information content (AvgIpc) is 2.33. The molecule has 4 nitrogen and oxygen atoms in total. The van der Waals surface area contributed by atoms with E-state index in [0.717, 1.165) is 11.1 Å². The van der Waals surface area contributed by atoms with E-state index in [9.17, 15) is 4.79 Å². The van der Waals surface area contributed by atoms with Gasteiger partial charge < -0.3 is 9.84 Å². The molecule has 1 N–H and O–H groups in total. The van der Waals surface area contributed by atoms with Crippen LogP contribution in [0, 0.1) is 6.92 Å². The molecule has 1 aromatic carbocycles. The van der Waals surface area contributed by atoms with Crippen molar-refractivity contribution in [1.29, 1.82) is 0 Å². The third kappa shape index (κ3) is 3.14. The number of ether oxygens (including phenoxy) is 1. The van der Waals surface area contributed by atoms with Gasteiger partial charge in [-0.15, -0.1) is 0 Å². The van der Waals surface area contributed by atoms with Crippen molar-refractivity contribution in [2.24, 2.45) is 0 Å². The summed E-state index contributed by atoms with van der Waals surface area (Å²) < 4.78 is 5.65. The quantitative estimate of drug-likeness (QED) is 0.923. The molecule has 20 heavy (non-hydrogen) atoms. The molecule has 0 fully saturated rings. The summed E-state index contributed by atoms with van der Waals surface area (Å²) in [4.78, 5) is 15.1. The first-order valence-electron chi connectivity index (χ1n) is 6.02. The fourth-order valence-electron chi connectivity index (χ4n) is 1.89. The maximum absolute atomic E-state index is 10.7. The standard InChI is InChI=1S/C14H13Cl2NO3/c1-7-3-4-9-10(15)6-11(16)14(13(9)17-7)20-8(2)5-12(18)19/h3-4,6,8H,5H2,1-2H3,(H,18,19). The Morgan fingerprint density at radius 1 is 1.40 bits per heavy atom. The van der Waals surface area contributed by atoms with Gasteiger partial charge in [0, 0.05) is 11.1 Å². The Morgan fingerprint density at radius 3 is 2.75 bits per heavy atom. The molecule has 1 heterocycles. The first-order valence-corrected chi connectivity index (χ1v) is 6.78. The van der Waals surface area contributed by atoms with Crippen LogP contribution in [0.3, 0.4) is 0 Å². The number of aliphatic carboxylic acids is 1. The van der Waals surface area contributed by atoms with Gasteiger partial charge in [-0.3, -0.25) is 4.79 Å². The number of carboxylic acids is 1. The first-order chi connectivity index (χ1) is 9.38. The van der Waals surface area contributed by atoms with Crippen LogP contribution in [-0.4, -0.2) is 22.2 Å². The number of hydrogen-bond acceptors (Lipinski definition) is 3. The number of rotatable bonds is 4. The van der Waals surface area contributed by atoms with Crippen LogP contribution < -0.4 is 4.74 Å². The fraction of sp³-hybridized carbons (Fsp3) is 0.286. The van der Waals surface area contributed by atoms with Crippen LogP contribution in [0.15, 0.2) is 18.2 Å². The van der Waals surface area contributed by atoms with Crippen LogP contribution in [0.2, 0.25) is 10.0 Å². The van der Waals surface area contributed by atoms with E-state index in [-0.39, 0.29) is 6.42 Å². The fourth-order valence-corrected chi connectivity index (χ4v) is 2.45. The molecule has 0 saturated heterocycles. The molecule has 0 aliphatic carbocycles. The molecule has 2 aromatic rings. The highest BCUT2D eigenvalue weighted by molar-refractivity contribution is 6.39. The van der Waals surface area contributed by atoms with Gasteiger partial charge in [0.05, 0.1) is 16.5 Å². The van der Waals surface area contributed by atoms with E-state index in [1.807, 2.05) is 19.1 Å². The van der Waals surface area contributed by atoms with E-state index >= 15 is 0 Å². The Bertz CT molecular complexity index is 673. The van der Waals surface area contributed by atoms with Crippen molar-refractivity contribution in [3.05, 3.63) is 33.9 Å². The second-order valence-electron chi connectivity index (χ2n) is 4.54. The van der Waals surface area contributed by atoms with Crippen molar-refractivity contribution in [2.45, 2.75) is 26.4 Å². The SMILES string of the molecule is Cc1ccc2c(Cl)cc(Cl)c(OC(C)CC(=O)O)c2n1. The Kier molecular flexibility index (Phi) is 4.35. The van der Waals surface area contributed by atoms with Crippen LogP contribution in [-0.2, 0) is 4.79 Å². The van der Waals surface area contributed by atoms with E-state index < -0.39 is 12.1 Å². The zero-order valence-corrected chi connectivity index (χ0v) is 12.5. The van der Waals surface area contributed by atoms with Crippen LogP contribution >= 0.6 is 23.2 Å². The Balaban J connectivity index is 2.51. The lowest BCUT2D eigenvalue weighted by Crippen LogP contribution is -2.17. The van der Waals surface area contributed by atoms with E-state index in [4.69, 9.17) is 33.0 Å². The molecular weight excluding hydrogens is 301 g/mol. The van der Waals surface area contributed by atoms with Crippen LogP contribution in [0.5, 0.6) is 5.75 Å². The van der Waals surface area contributed by atoms with Gasteiger partial charge in [-0.2, -0.15) is 0 Å². The molecule has 0 aliphatic rings. The minimum absolute atomic E-state index is 0.119. The largest absolute Gasteiger partial charge is 0.486 e. The predicted molar refractivity (Wildman–Crippen MR) is 78.8 cm³/mol. The van der Waals surface area contributed by atoms with Gasteiger partial charge in [0.2, 0.25) is 0 Å². The molecule has 2 rings (SSSR count). The number of pyridine rings is 1. The first kappa shape index (κ1) is 14.9. The Morgan fingerprint density at radius 2 is 2.10 bits per heavy atom. The van der Waals surface area contributed by atoms with Gasteiger partial charge in [0.15, 0.2) is 5.75 Å². The molecule has 0 saturated carbocycles. The molecule has 1 atom stereocenters. The lowest BCUT2D eigenvalue weighted by Gasteiger charge is -2.16. The summed E-state index contributed by atoms with van der Waals surface area (Å²) in [5, 5.41) is 10.3.